The minimum absolute atomic E-state index is 0.0845. The molecule has 0 saturated carbocycles. The topological polar surface area (TPSA) is 63.1 Å². The Labute approximate surface area is 150 Å². The Balaban J connectivity index is 1.93. The lowest BCUT2D eigenvalue weighted by atomic mass is 10.1. The average molecular weight is 353 g/mol. The molecule has 0 bridgehead atoms. The zero-order valence-electron chi connectivity index (χ0n) is 14.6. The van der Waals surface area contributed by atoms with Gasteiger partial charge in [-0.1, -0.05) is 32.0 Å². The minimum atomic E-state index is -0.462. The van der Waals surface area contributed by atoms with Crippen LogP contribution in [0.25, 0.3) is 10.8 Å². The van der Waals surface area contributed by atoms with Crippen LogP contribution >= 0.6 is 0 Å². The van der Waals surface area contributed by atoms with E-state index >= 15 is 0 Å². The monoisotopic (exact) mass is 353 g/mol. The molecule has 0 atom stereocenters. The molecule has 26 heavy (non-hydrogen) atoms. The molecule has 0 aliphatic rings. The molecule has 1 aromatic heterocycles. The van der Waals surface area contributed by atoms with E-state index in [9.17, 15) is 14.0 Å². The molecule has 0 spiro atoms. The largest absolute Gasteiger partial charge is 0.323 e. The number of anilines is 2. The lowest BCUT2D eigenvalue weighted by molar-refractivity contribution is 0.262. The van der Waals surface area contributed by atoms with Crippen LogP contribution in [0.4, 0.5) is 20.6 Å². The molecule has 2 aromatic carbocycles. The van der Waals surface area contributed by atoms with Gasteiger partial charge in [0.05, 0.1) is 5.69 Å². The Morgan fingerprint density at radius 3 is 2.35 bits per heavy atom. The van der Waals surface area contributed by atoms with Crippen LogP contribution in [0.5, 0.6) is 0 Å². The molecule has 2 N–H and O–H groups in total. The standard InChI is InChI=1S/C20H20FN3O2/c1-13(2)11-24-12-18(16-5-3-4-6-17(16)19(24)25)23-20(26)22-15-9-7-14(21)8-10-15/h3-10,12-13H,11H2,1-2H3,(H2,22,23,26). The van der Waals surface area contributed by atoms with E-state index in [1.165, 1.54) is 24.3 Å². The van der Waals surface area contributed by atoms with Crippen molar-refractivity contribution < 1.29 is 9.18 Å². The normalized spacial score (nSPS) is 10.9. The first-order valence-electron chi connectivity index (χ1n) is 8.40. The molecule has 0 aliphatic carbocycles. The lowest BCUT2D eigenvalue weighted by Gasteiger charge is -2.15. The molecule has 0 unspecified atom stereocenters. The Hall–Kier alpha value is -3.15. The molecule has 0 fully saturated rings. The van der Waals surface area contributed by atoms with Gasteiger partial charge in [0.1, 0.15) is 5.82 Å². The summed E-state index contributed by atoms with van der Waals surface area (Å²) < 4.78 is 14.6. The maximum Gasteiger partial charge on any atom is 0.323 e. The van der Waals surface area contributed by atoms with Gasteiger partial charge in [0, 0.05) is 29.2 Å². The number of carbonyl (C=O) groups is 1. The maximum absolute atomic E-state index is 13.0. The van der Waals surface area contributed by atoms with Crippen molar-refractivity contribution in [2.24, 2.45) is 5.92 Å². The van der Waals surface area contributed by atoms with Crippen LogP contribution in [-0.4, -0.2) is 10.6 Å². The summed E-state index contributed by atoms with van der Waals surface area (Å²) in [5.74, 6) is -0.0857. The first kappa shape index (κ1) is 17.7. The Bertz CT molecular complexity index is 994. The number of urea groups is 1. The summed E-state index contributed by atoms with van der Waals surface area (Å²) in [6.45, 7) is 4.60. The fourth-order valence-corrected chi connectivity index (χ4v) is 2.79. The fraction of sp³-hybridized carbons (Fsp3) is 0.200. The predicted octanol–water partition coefficient (Wildman–Crippen LogP) is 4.44. The number of carbonyl (C=O) groups excluding carboxylic acids is 1. The summed E-state index contributed by atoms with van der Waals surface area (Å²) in [4.78, 5) is 24.9. The van der Waals surface area contributed by atoms with Crippen LogP contribution in [0.3, 0.4) is 0 Å². The van der Waals surface area contributed by atoms with Crippen molar-refractivity contribution in [1.82, 2.24) is 4.57 Å². The number of hydrogen-bond acceptors (Lipinski definition) is 2. The van der Waals surface area contributed by atoms with Crippen LogP contribution in [0.1, 0.15) is 13.8 Å². The van der Waals surface area contributed by atoms with Crippen molar-refractivity contribution in [3.63, 3.8) is 0 Å². The van der Waals surface area contributed by atoms with E-state index in [-0.39, 0.29) is 17.3 Å². The van der Waals surface area contributed by atoms with E-state index in [4.69, 9.17) is 0 Å². The van der Waals surface area contributed by atoms with Gasteiger partial charge in [-0.25, -0.2) is 9.18 Å². The molecule has 0 radical (unpaired) electrons. The van der Waals surface area contributed by atoms with Gasteiger partial charge >= 0.3 is 6.03 Å². The third-order valence-corrected chi connectivity index (χ3v) is 3.91. The molecule has 3 aromatic rings. The summed E-state index contributed by atoms with van der Waals surface area (Å²) in [7, 11) is 0. The number of fused-ring (bicyclic) bond motifs is 1. The summed E-state index contributed by atoms with van der Waals surface area (Å²) in [6, 6.07) is 12.2. The molecule has 5 nitrogen and oxygen atoms in total. The SMILES string of the molecule is CC(C)Cn1cc(NC(=O)Nc2ccc(F)cc2)c2ccccc2c1=O. The predicted molar refractivity (Wildman–Crippen MR) is 102 cm³/mol. The van der Waals surface area contributed by atoms with Gasteiger partial charge in [-0.05, 0) is 36.2 Å². The summed E-state index contributed by atoms with van der Waals surface area (Å²) >= 11 is 0. The summed E-state index contributed by atoms with van der Waals surface area (Å²) in [5.41, 5.74) is 0.933. The Morgan fingerprint density at radius 1 is 1.04 bits per heavy atom. The Kier molecular flexibility index (Phi) is 5.02. The van der Waals surface area contributed by atoms with Crippen molar-refractivity contribution in [3.8, 4) is 0 Å². The van der Waals surface area contributed by atoms with Gasteiger partial charge < -0.3 is 15.2 Å². The number of benzene rings is 2. The van der Waals surface area contributed by atoms with Crippen molar-refractivity contribution in [2.75, 3.05) is 10.6 Å². The average Bonchev–Trinajstić information content (AvgIpc) is 2.60. The number of nitrogens with zero attached hydrogens (tertiary/aromatic N) is 1. The molecule has 1 heterocycles. The highest BCUT2D eigenvalue weighted by Crippen LogP contribution is 2.21. The van der Waals surface area contributed by atoms with Crippen molar-refractivity contribution in [2.45, 2.75) is 20.4 Å². The molecule has 3 rings (SSSR count). The van der Waals surface area contributed by atoms with E-state index in [1.807, 2.05) is 19.9 Å². The highest BCUT2D eigenvalue weighted by molar-refractivity contribution is 6.05. The van der Waals surface area contributed by atoms with Crippen LogP contribution in [-0.2, 0) is 6.54 Å². The number of amides is 2. The first-order chi connectivity index (χ1) is 12.4. The zero-order valence-corrected chi connectivity index (χ0v) is 14.6. The van der Waals surface area contributed by atoms with Crippen molar-refractivity contribution in [1.29, 1.82) is 0 Å². The minimum Gasteiger partial charge on any atom is -0.313 e. The van der Waals surface area contributed by atoms with Gasteiger partial charge in [-0.15, -0.1) is 0 Å². The van der Waals surface area contributed by atoms with E-state index in [0.717, 1.165) is 0 Å². The number of halogens is 1. The van der Waals surface area contributed by atoms with Gasteiger partial charge in [-0.3, -0.25) is 4.79 Å². The van der Waals surface area contributed by atoms with E-state index in [0.29, 0.717) is 28.7 Å². The van der Waals surface area contributed by atoms with Crippen molar-refractivity contribution >= 4 is 28.2 Å². The van der Waals surface area contributed by atoms with E-state index in [2.05, 4.69) is 10.6 Å². The second-order valence-electron chi connectivity index (χ2n) is 6.53. The van der Waals surface area contributed by atoms with E-state index < -0.39 is 6.03 Å². The van der Waals surface area contributed by atoms with Crippen molar-refractivity contribution in [3.05, 3.63) is 70.9 Å². The molecule has 2 amide bonds. The lowest BCUT2D eigenvalue weighted by Crippen LogP contribution is -2.25. The third-order valence-electron chi connectivity index (χ3n) is 3.91. The molecule has 6 heteroatoms. The van der Waals surface area contributed by atoms with Gasteiger partial charge in [0.15, 0.2) is 0 Å². The molecule has 134 valence electrons. The second-order valence-corrected chi connectivity index (χ2v) is 6.53. The van der Waals surface area contributed by atoms with Crippen LogP contribution in [0.15, 0.2) is 59.5 Å². The quantitative estimate of drug-likeness (QED) is 0.728. The van der Waals surface area contributed by atoms with Crippen LogP contribution in [0.2, 0.25) is 0 Å². The highest BCUT2D eigenvalue weighted by Gasteiger charge is 2.12. The molecular weight excluding hydrogens is 333 g/mol. The molecule has 0 aliphatic heterocycles. The number of nitrogens with one attached hydrogen (secondary N) is 2. The van der Waals surface area contributed by atoms with Crippen LogP contribution in [0, 0.1) is 11.7 Å². The first-order valence-corrected chi connectivity index (χ1v) is 8.40. The zero-order chi connectivity index (χ0) is 18.7. The number of rotatable bonds is 4. The second kappa shape index (κ2) is 7.39. The number of aromatic nitrogens is 1. The smallest absolute Gasteiger partial charge is 0.313 e. The van der Waals surface area contributed by atoms with Gasteiger partial charge in [0.2, 0.25) is 0 Å². The maximum atomic E-state index is 13.0. The Morgan fingerprint density at radius 2 is 1.69 bits per heavy atom. The molecular formula is C20H20FN3O2. The third kappa shape index (κ3) is 3.91. The summed E-state index contributed by atoms with van der Waals surface area (Å²) in [6.07, 6.45) is 1.66. The van der Waals surface area contributed by atoms with E-state index in [1.54, 1.807) is 29.0 Å². The fourth-order valence-electron chi connectivity index (χ4n) is 2.79. The molecule has 0 saturated heterocycles. The van der Waals surface area contributed by atoms with Crippen LogP contribution < -0.4 is 16.2 Å². The van der Waals surface area contributed by atoms with Gasteiger partial charge in [-0.2, -0.15) is 0 Å². The number of hydrogen-bond donors (Lipinski definition) is 2. The van der Waals surface area contributed by atoms with Gasteiger partial charge in [0.25, 0.3) is 5.56 Å². The highest BCUT2D eigenvalue weighted by atomic mass is 19.1. The number of pyridine rings is 1. The summed E-state index contributed by atoms with van der Waals surface area (Å²) in [5, 5.41) is 6.66.